The summed E-state index contributed by atoms with van der Waals surface area (Å²) >= 11 is 0. The largest absolute Gasteiger partial charge is 0.262 e. The second-order valence-electron chi connectivity index (χ2n) is 0.894. The molecule has 1 heterocycles. The summed E-state index contributed by atoms with van der Waals surface area (Å²) in [6.07, 6.45) is 6.56. The van der Waals surface area contributed by atoms with Gasteiger partial charge in [-0.15, -0.1) is 0 Å². The minimum atomic E-state index is 0. The molecule has 0 fully saturated rings. The van der Waals surface area contributed by atoms with E-state index in [0.29, 0.717) is 0 Å². The fourth-order valence-electron chi connectivity index (χ4n) is 0.253. The van der Waals surface area contributed by atoms with Crippen LogP contribution in [0.15, 0.2) is 24.8 Å². The Labute approximate surface area is 72.8 Å². The van der Waals surface area contributed by atoms with Crippen LogP contribution in [0.4, 0.5) is 0 Å². The van der Waals surface area contributed by atoms with Gasteiger partial charge in [0.1, 0.15) is 0 Å². The first-order valence-corrected chi connectivity index (χ1v) is 1.70. The first-order chi connectivity index (χ1) is 3.00. The van der Waals surface area contributed by atoms with Crippen LogP contribution in [0, 0.1) is 38.6 Å². The van der Waals surface area contributed by atoms with Gasteiger partial charge >= 0.3 is 0 Å². The van der Waals surface area contributed by atoms with Crippen LogP contribution in [-0.4, -0.2) is 9.97 Å². The molecule has 0 saturated carbocycles. The van der Waals surface area contributed by atoms with Crippen molar-refractivity contribution in [1.82, 2.24) is 9.97 Å². The zero-order chi connectivity index (χ0) is 4.24. The van der Waals surface area contributed by atoms with Gasteiger partial charge in [0.05, 0.1) is 0 Å². The molecule has 0 atom stereocenters. The fourth-order valence-corrected chi connectivity index (χ4v) is 0.253. The van der Waals surface area contributed by atoms with Gasteiger partial charge < -0.3 is 0 Å². The monoisotopic (exact) mass is 239 g/mol. The van der Waals surface area contributed by atoms with E-state index in [1.165, 1.54) is 0 Å². The van der Waals surface area contributed by atoms with E-state index >= 15 is 0 Å². The van der Waals surface area contributed by atoms with Crippen LogP contribution >= 0.6 is 0 Å². The Morgan fingerprint density at radius 1 is 0.714 bits per heavy atom. The summed E-state index contributed by atoms with van der Waals surface area (Å²) in [5, 5.41) is 0. The number of nitrogens with zero attached hydrogens (tertiary/aromatic N) is 2. The van der Waals surface area contributed by atoms with E-state index in [-0.39, 0.29) is 38.6 Å². The maximum absolute atomic E-state index is 3.72. The van der Waals surface area contributed by atoms with Crippen LogP contribution < -0.4 is 0 Å². The van der Waals surface area contributed by atoms with E-state index in [4.69, 9.17) is 0 Å². The number of rotatable bonds is 0. The van der Waals surface area contributed by atoms with Crippen molar-refractivity contribution in [1.29, 1.82) is 0 Å². The molecule has 7 heavy (non-hydrogen) atoms. The van der Waals surface area contributed by atoms with E-state index < -0.39 is 0 Å². The molecule has 0 aliphatic carbocycles. The normalized spacial score (nSPS) is 6.86. The Balaban J connectivity index is 0.000000360. The Bertz CT molecular complexity index is 81.6. The second kappa shape index (κ2) is 4.52. The van der Waals surface area contributed by atoms with Gasteiger partial charge in [0, 0.05) is 63.4 Å². The summed E-state index contributed by atoms with van der Waals surface area (Å²) in [7, 11) is 0. The Kier molecular flexibility index (Phi) is 4.76. The standard InChI is InChI=1S/C4H4N2.Tb/c1-2-6-4-3-5-1;/h1-4H;. The SMILES string of the molecule is [Tb].c1cnccn1. The van der Waals surface area contributed by atoms with Crippen molar-refractivity contribution < 1.29 is 38.6 Å². The van der Waals surface area contributed by atoms with Gasteiger partial charge in [0.25, 0.3) is 0 Å². The van der Waals surface area contributed by atoms with Gasteiger partial charge in [0.2, 0.25) is 0 Å². The van der Waals surface area contributed by atoms with Gasteiger partial charge in [-0.05, 0) is 0 Å². The maximum atomic E-state index is 3.72. The third-order valence-corrected chi connectivity index (χ3v) is 0.478. The Morgan fingerprint density at radius 3 is 1.14 bits per heavy atom. The second-order valence-corrected chi connectivity index (χ2v) is 0.894. The molecule has 1 aromatic rings. The summed E-state index contributed by atoms with van der Waals surface area (Å²) in [5.74, 6) is 0. The molecular weight excluding hydrogens is 235 g/mol. The molecule has 0 saturated heterocycles. The zero-order valence-electron chi connectivity index (χ0n) is 3.54. The predicted molar refractivity (Wildman–Crippen MR) is 22.0 cm³/mol. The van der Waals surface area contributed by atoms with Crippen molar-refractivity contribution in [2.75, 3.05) is 0 Å². The smallest absolute Gasteiger partial charge is 0.0451 e. The van der Waals surface area contributed by atoms with Crippen molar-refractivity contribution >= 4 is 0 Å². The number of hydrogen-bond acceptors (Lipinski definition) is 2. The molecule has 0 bridgehead atoms. The van der Waals surface area contributed by atoms with Gasteiger partial charge in [-0.2, -0.15) is 0 Å². The molecule has 0 amide bonds. The predicted octanol–water partition coefficient (Wildman–Crippen LogP) is 0.477. The molecule has 39 valence electrons. The topological polar surface area (TPSA) is 25.8 Å². The minimum absolute atomic E-state index is 0. The van der Waals surface area contributed by atoms with Crippen molar-refractivity contribution in [3.63, 3.8) is 0 Å². The van der Waals surface area contributed by atoms with Gasteiger partial charge in [-0.25, -0.2) is 0 Å². The summed E-state index contributed by atoms with van der Waals surface area (Å²) in [6, 6.07) is 0. The summed E-state index contributed by atoms with van der Waals surface area (Å²) < 4.78 is 0. The van der Waals surface area contributed by atoms with E-state index in [1.807, 2.05) is 0 Å². The summed E-state index contributed by atoms with van der Waals surface area (Å²) in [5.41, 5.74) is 0. The van der Waals surface area contributed by atoms with Gasteiger partial charge in [-0.1, -0.05) is 0 Å². The molecule has 1 rings (SSSR count). The van der Waals surface area contributed by atoms with Crippen LogP contribution in [0.3, 0.4) is 0 Å². The molecule has 0 unspecified atom stereocenters. The molecule has 0 aromatic carbocycles. The molecule has 0 spiro atoms. The molecule has 3 heteroatoms. The van der Waals surface area contributed by atoms with Gasteiger partial charge in [-0.3, -0.25) is 9.97 Å². The third-order valence-electron chi connectivity index (χ3n) is 0.478. The van der Waals surface area contributed by atoms with E-state index in [2.05, 4.69) is 9.97 Å². The van der Waals surface area contributed by atoms with E-state index in [9.17, 15) is 0 Å². The van der Waals surface area contributed by atoms with Crippen molar-refractivity contribution in [2.45, 2.75) is 0 Å². The third kappa shape index (κ3) is 2.99. The van der Waals surface area contributed by atoms with Crippen LogP contribution in [0.25, 0.3) is 0 Å². The molecule has 1 radical (unpaired) electrons. The fraction of sp³-hybridized carbons (Fsp3) is 0. The summed E-state index contributed by atoms with van der Waals surface area (Å²) in [4.78, 5) is 7.44. The molecule has 1 aromatic heterocycles. The van der Waals surface area contributed by atoms with E-state index in [1.54, 1.807) is 24.8 Å². The van der Waals surface area contributed by atoms with Crippen molar-refractivity contribution in [3.8, 4) is 0 Å². The molecule has 0 N–H and O–H groups in total. The molecule has 0 aliphatic rings. The quantitative estimate of drug-likeness (QED) is 0.657. The number of aromatic nitrogens is 2. The number of hydrogen-bond donors (Lipinski definition) is 0. The Morgan fingerprint density at radius 2 is 1.00 bits per heavy atom. The molecular formula is C4H4N2Tb. The summed E-state index contributed by atoms with van der Waals surface area (Å²) in [6.45, 7) is 0. The molecule has 0 aliphatic heterocycles. The van der Waals surface area contributed by atoms with Crippen molar-refractivity contribution in [2.24, 2.45) is 0 Å². The molecule has 2 nitrogen and oxygen atoms in total. The minimum Gasteiger partial charge on any atom is -0.262 e. The van der Waals surface area contributed by atoms with Crippen molar-refractivity contribution in [3.05, 3.63) is 24.8 Å². The first-order valence-electron chi connectivity index (χ1n) is 1.70. The zero-order valence-corrected chi connectivity index (χ0v) is 5.68. The average Bonchev–Trinajstić information content (AvgIpc) is 1.72. The van der Waals surface area contributed by atoms with Crippen LogP contribution in [0.5, 0.6) is 0 Å². The van der Waals surface area contributed by atoms with Crippen LogP contribution in [0.1, 0.15) is 0 Å². The maximum Gasteiger partial charge on any atom is 0.0451 e. The van der Waals surface area contributed by atoms with Crippen LogP contribution in [0.2, 0.25) is 0 Å². The average molecular weight is 239 g/mol. The first kappa shape index (κ1) is 7.37. The Hall–Kier alpha value is 0.366. The van der Waals surface area contributed by atoms with Gasteiger partial charge in [0.15, 0.2) is 0 Å². The van der Waals surface area contributed by atoms with E-state index in [0.717, 1.165) is 0 Å². The van der Waals surface area contributed by atoms with Crippen LogP contribution in [-0.2, 0) is 0 Å².